The van der Waals surface area contributed by atoms with Crippen LogP contribution in [-0.2, 0) is 6.54 Å². The predicted octanol–water partition coefficient (Wildman–Crippen LogP) is 2.67. The van der Waals surface area contributed by atoms with Crippen molar-refractivity contribution in [3.63, 3.8) is 0 Å². The first-order valence-corrected chi connectivity index (χ1v) is 6.09. The van der Waals surface area contributed by atoms with Gasteiger partial charge < -0.3 is 10.1 Å². The third kappa shape index (κ3) is 3.69. The van der Waals surface area contributed by atoms with E-state index in [4.69, 9.17) is 16.3 Å². The van der Waals surface area contributed by atoms with E-state index in [1.54, 1.807) is 13.2 Å². The van der Waals surface area contributed by atoms with Crippen molar-refractivity contribution in [2.75, 3.05) is 7.11 Å². The Morgan fingerprint density at radius 2 is 2.21 bits per heavy atom. The van der Waals surface area contributed by atoms with Crippen molar-refractivity contribution < 1.29 is 9.53 Å². The summed E-state index contributed by atoms with van der Waals surface area (Å²) in [5.41, 5.74) is 1.45. The Hall–Kier alpha value is -2.07. The standard InChI is InChI=1S/C14H13ClN2O2/c1-19-12-4-2-3-10(7-12)9-17-14(18)11-5-6-16-13(15)8-11/h2-8H,9H2,1H3,(H,17,18). The number of aromatic nitrogens is 1. The van der Waals surface area contributed by atoms with Gasteiger partial charge in [-0.2, -0.15) is 0 Å². The van der Waals surface area contributed by atoms with Gasteiger partial charge in [0.1, 0.15) is 10.9 Å². The number of amides is 1. The molecule has 1 amide bonds. The number of pyridine rings is 1. The lowest BCUT2D eigenvalue weighted by atomic mass is 10.2. The number of ether oxygens (including phenoxy) is 1. The molecule has 1 aromatic carbocycles. The predicted molar refractivity (Wildman–Crippen MR) is 73.4 cm³/mol. The summed E-state index contributed by atoms with van der Waals surface area (Å²) in [6.07, 6.45) is 1.50. The van der Waals surface area contributed by atoms with Crippen molar-refractivity contribution in [2.24, 2.45) is 0 Å². The number of rotatable bonds is 4. The van der Waals surface area contributed by atoms with E-state index in [1.165, 1.54) is 12.3 Å². The highest BCUT2D eigenvalue weighted by atomic mass is 35.5. The van der Waals surface area contributed by atoms with Crippen molar-refractivity contribution in [3.8, 4) is 5.75 Å². The minimum atomic E-state index is -0.188. The molecule has 0 fully saturated rings. The molecular formula is C14H13ClN2O2. The van der Waals surface area contributed by atoms with E-state index in [0.717, 1.165) is 11.3 Å². The van der Waals surface area contributed by atoms with E-state index in [9.17, 15) is 4.79 Å². The van der Waals surface area contributed by atoms with Crippen molar-refractivity contribution in [1.29, 1.82) is 0 Å². The number of hydrogen-bond donors (Lipinski definition) is 1. The molecule has 0 atom stereocenters. The highest BCUT2D eigenvalue weighted by Gasteiger charge is 2.06. The summed E-state index contributed by atoms with van der Waals surface area (Å²) < 4.78 is 5.12. The lowest BCUT2D eigenvalue weighted by Gasteiger charge is -2.07. The van der Waals surface area contributed by atoms with Gasteiger partial charge in [-0.3, -0.25) is 4.79 Å². The van der Waals surface area contributed by atoms with Crippen molar-refractivity contribution >= 4 is 17.5 Å². The van der Waals surface area contributed by atoms with Gasteiger partial charge in [0, 0.05) is 18.3 Å². The molecule has 19 heavy (non-hydrogen) atoms. The molecule has 0 aliphatic rings. The minimum absolute atomic E-state index is 0.188. The van der Waals surface area contributed by atoms with Gasteiger partial charge in [0.2, 0.25) is 0 Å². The number of halogens is 1. The van der Waals surface area contributed by atoms with Crippen LogP contribution in [0, 0.1) is 0 Å². The molecule has 2 aromatic rings. The molecule has 2 rings (SSSR count). The summed E-state index contributed by atoms with van der Waals surface area (Å²) in [6, 6.07) is 10.7. The van der Waals surface area contributed by atoms with Crippen LogP contribution in [0.4, 0.5) is 0 Å². The number of hydrogen-bond acceptors (Lipinski definition) is 3. The van der Waals surface area contributed by atoms with Crippen LogP contribution in [0.25, 0.3) is 0 Å². The molecular weight excluding hydrogens is 264 g/mol. The molecule has 0 unspecified atom stereocenters. The summed E-state index contributed by atoms with van der Waals surface area (Å²) in [5.74, 6) is 0.575. The number of methoxy groups -OCH3 is 1. The van der Waals surface area contributed by atoms with Crippen LogP contribution in [0.5, 0.6) is 5.75 Å². The zero-order chi connectivity index (χ0) is 13.7. The lowest BCUT2D eigenvalue weighted by molar-refractivity contribution is 0.0950. The quantitative estimate of drug-likeness (QED) is 0.874. The lowest BCUT2D eigenvalue weighted by Crippen LogP contribution is -2.22. The van der Waals surface area contributed by atoms with Gasteiger partial charge in [-0.05, 0) is 29.8 Å². The van der Waals surface area contributed by atoms with Crippen LogP contribution >= 0.6 is 11.6 Å². The van der Waals surface area contributed by atoms with Crippen LogP contribution in [0.3, 0.4) is 0 Å². The van der Waals surface area contributed by atoms with Crippen molar-refractivity contribution in [3.05, 3.63) is 58.9 Å². The molecule has 0 aliphatic heterocycles. The molecule has 1 aromatic heterocycles. The molecule has 5 heteroatoms. The minimum Gasteiger partial charge on any atom is -0.497 e. The smallest absolute Gasteiger partial charge is 0.251 e. The first kappa shape index (κ1) is 13.4. The van der Waals surface area contributed by atoms with E-state index in [2.05, 4.69) is 10.3 Å². The third-order valence-electron chi connectivity index (χ3n) is 2.58. The number of nitrogens with one attached hydrogen (secondary N) is 1. The van der Waals surface area contributed by atoms with Crippen molar-refractivity contribution in [1.82, 2.24) is 10.3 Å². The summed E-state index contributed by atoms with van der Waals surface area (Å²) >= 11 is 5.74. The fraction of sp³-hybridized carbons (Fsp3) is 0.143. The molecule has 0 saturated heterocycles. The highest BCUT2D eigenvalue weighted by Crippen LogP contribution is 2.12. The molecule has 0 aliphatic carbocycles. The first-order valence-electron chi connectivity index (χ1n) is 5.72. The van der Waals surface area contributed by atoms with Crippen LogP contribution in [0.2, 0.25) is 5.15 Å². The first-order chi connectivity index (χ1) is 9.19. The second-order valence-corrected chi connectivity index (χ2v) is 4.29. The average Bonchev–Trinajstić information content (AvgIpc) is 2.45. The number of carbonyl (C=O) groups is 1. The zero-order valence-corrected chi connectivity index (χ0v) is 11.1. The van der Waals surface area contributed by atoms with Crippen LogP contribution in [0.1, 0.15) is 15.9 Å². The fourth-order valence-corrected chi connectivity index (χ4v) is 1.78. The Morgan fingerprint density at radius 3 is 2.95 bits per heavy atom. The SMILES string of the molecule is COc1cccc(CNC(=O)c2ccnc(Cl)c2)c1. The largest absolute Gasteiger partial charge is 0.497 e. The van der Waals surface area contributed by atoms with Gasteiger partial charge in [-0.1, -0.05) is 23.7 Å². The summed E-state index contributed by atoms with van der Waals surface area (Å²) in [5, 5.41) is 3.11. The maximum Gasteiger partial charge on any atom is 0.251 e. The van der Waals surface area contributed by atoms with E-state index >= 15 is 0 Å². The van der Waals surface area contributed by atoms with Crippen LogP contribution in [-0.4, -0.2) is 18.0 Å². The maximum atomic E-state index is 11.9. The fourth-order valence-electron chi connectivity index (χ4n) is 1.61. The van der Waals surface area contributed by atoms with E-state index < -0.39 is 0 Å². The van der Waals surface area contributed by atoms with E-state index in [1.807, 2.05) is 24.3 Å². The van der Waals surface area contributed by atoms with Gasteiger partial charge in [-0.15, -0.1) is 0 Å². The Labute approximate surface area is 116 Å². The van der Waals surface area contributed by atoms with E-state index in [-0.39, 0.29) is 5.91 Å². The molecule has 0 bridgehead atoms. The Kier molecular flexibility index (Phi) is 4.36. The summed E-state index contributed by atoms with van der Waals surface area (Å²) in [4.78, 5) is 15.7. The van der Waals surface area contributed by atoms with Crippen molar-refractivity contribution in [2.45, 2.75) is 6.54 Å². The van der Waals surface area contributed by atoms with Gasteiger partial charge in [0.15, 0.2) is 0 Å². The van der Waals surface area contributed by atoms with Crippen LogP contribution < -0.4 is 10.1 Å². The number of benzene rings is 1. The molecule has 0 saturated carbocycles. The molecule has 0 radical (unpaired) electrons. The molecule has 4 nitrogen and oxygen atoms in total. The highest BCUT2D eigenvalue weighted by molar-refractivity contribution is 6.29. The summed E-state index contributed by atoms with van der Waals surface area (Å²) in [6.45, 7) is 0.427. The molecule has 1 N–H and O–H groups in total. The Morgan fingerprint density at radius 1 is 1.37 bits per heavy atom. The van der Waals surface area contributed by atoms with Crippen LogP contribution in [0.15, 0.2) is 42.6 Å². The summed E-state index contributed by atoms with van der Waals surface area (Å²) in [7, 11) is 1.61. The van der Waals surface area contributed by atoms with Gasteiger partial charge in [-0.25, -0.2) is 4.98 Å². The zero-order valence-electron chi connectivity index (χ0n) is 10.4. The molecule has 1 heterocycles. The molecule has 98 valence electrons. The number of carbonyl (C=O) groups excluding carboxylic acids is 1. The third-order valence-corrected chi connectivity index (χ3v) is 2.78. The molecule has 0 spiro atoms. The van der Waals surface area contributed by atoms with Gasteiger partial charge in [0.25, 0.3) is 5.91 Å². The Balaban J connectivity index is 2.00. The Bertz CT molecular complexity index is 587. The van der Waals surface area contributed by atoms with Gasteiger partial charge >= 0.3 is 0 Å². The second-order valence-electron chi connectivity index (χ2n) is 3.90. The number of nitrogens with zero attached hydrogens (tertiary/aromatic N) is 1. The normalized spacial score (nSPS) is 10.0. The topological polar surface area (TPSA) is 51.2 Å². The monoisotopic (exact) mass is 276 g/mol. The maximum absolute atomic E-state index is 11.9. The second kappa shape index (κ2) is 6.20. The van der Waals surface area contributed by atoms with Gasteiger partial charge in [0.05, 0.1) is 7.11 Å². The van der Waals surface area contributed by atoms with E-state index in [0.29, 0.717) is 17.3 Å². The average molecular weight is 277 g/mol.